The smallest absolute Gasteiger partial charge is 0.426 e. The van der Waals surface area contributed by atoms with E-state index in [-0.39, 0.29) is 17.4 Å². The van der Waals surface area contributed by atoms with Gasteiger partial charge in [-0.05, 0) is 40.7 Å². The topological polar surface area (TPSA) is 53.1 Å². The highest BCUT2D eigenvalue weighted by atomic mass is 19.4. The predicted octanol–water partition coefficient (Wildman–Crippen LogP) is 3.76. The van der Waals surface area contributed by atoms with Crippen LogP contribution in [-0.2, 0) is 5.66 Å². The maximum atomic E-state index is 13.3. The molecule has 0 atom stereocenters. The van der Waals surface area contributed by atoms with E-state index in [0.29, 0.717) is 5.75 Å². The lowest BCUT2D eigenvalue weighted by molar-refractivity contribution is -0.165. The zero-order chi connectivity index (χ0) is 16.0. The van der Waals surface area contributed by atoms with Crippen molar-refractivity contribution in [3.8, 4) is 5.75 Å². The van der Waals surface area contributed by atoms with Gasteiger partial charge in [-0.15, -0.1) is 0 Å². The summed E-state index contributed by atoms with van der Waals surface area (Å²) < 4.78 is 45.3. The Balaban J connectivity index is 2.65. The van der Waals surface area contributed by atoms with Crippen molar-refractivity contribution in [2.45, 2.75) is 51.4 Å². The Hall–Kier alpha value is -1.27. The number of ether oxygens (including phenoxy) is 1. The molecule has 0 aromatic heterocycles. The average Bonchev–Trinajstić information content (AvgIpc) is 3.17. The van der Waals surface area contributed by atoms with Crippen LogP contribution < -0.4 is 15.6 Å². The van der Waals surface area contributed by atoms with Crippen molar-refractivity contribution in [3.05, 3.63) is 28.8 Å². The summed E-state index contributed by atoms with van der Waals surface area (Å²) >= 11 is 0. The van der Waals surface area contributed by atoms with Gasteiger partial charge in [0.15, 0.2) is 0 Å². The van der Waals surface area contributed by atoms with Crippen LogP contribution in [0.25, 0.3) is 0 Å². The minimum atomic E-state index is -4.40. The summed E-state index contributed by atoms with van der Waals surface area (Å²) in [5, 5.41) is 0. The van der Waals surface area contributed by atoms with Crippen LogP contribution in [0.3, 0.4) is 0 Å². The van der Waals surface area contributed by atoms with Gasteiger partial charge in [0, 0.05) is 0 Å². The molecule has 1 aliphatic rings. The van der Waals surface area contributed by atoms with Gasteiger partial charge in [0.1, 0.15) is 5.75 Å². The van der Waals surface area contributed by atoms with Crippen LogP contribution in [0.1, 0.15) is 56.2 Å². The SMILES string of the molecule is COc1c(C(C)C)cc(C2(C(F)(F)F)NN2)cc1C(C)C. The molecule has 0 unspecified atom stereocenters. The maximum Gasteiger partial charge on any atom is 0.426 e. The molecule has 2 rings (SSSR count). The van der Waals surface area contributed by atoms with Crippen LogP contribution >= 0.6 is 0 Å². The molecular weight excluding hydrogens is 281 g/mol. The first-order chi connectivity index (χ1) is 9.64. The summed E-state index contributed by atoms with van der Waals surface area (Å²) in [4.78, 5) is 0. The Kier molecular flexibility index (Phi) is 3.97. The van der Waals surface area contributed by atoms with E-state index in [0.717, 1.165) is 11.1 Å². The fourth-order valence-corrected chi connectivity index (χ4v) is 2.50. The van der Waals surface area contributed by atoms with Crippen molar-refractivity contribution in [1.82, 2.24) is 10.9 Å². The van der Waals surface area contributed by atoms with E-state index in [1.165, 1.54) is 0 Å². The third-order valence-electron chi connectivity index (χ3n) is 3.83. The highest BCUT2D eigenvalue weighted by Crippen LogP contribution is 2.46. The second kappa shape index (κ2) is 5.18. The van der Waals surface area contributed by atoms with E-state index in [1.54, 1.807) is 19.2 Å². The normalized spacial score (nSPS) is 17.4. The molecule has 118 valence electrons. The fourth-order valence-electron chi connectivity index (χ4n) is 2.50. The monoisotopic (exact) mass is 302 g/mol. The number of halogens is 3. The number of rotatable bonds is 4. The van der Waals surface area contributed by atoms with Crippen molar-refractivity contribution >= 4 is 0 Å². The van der Waals surface area contributed by atoms with Crippen molar-refractivity contribution in [1.29, 1.82) is 0 Å². The molecular formula is C15H21F3N2O. The second-order valence-electron chi connectivity index (χ2n) is 6.00. The average molecular weight is 302 g/mol. The van der Waals surface area contributed by atoms with E-state index < -0.39 is 11.8 Å². The van der Waals surface area contributed by atoms with Gasteiger partial charge in [0.05, 0.1) is 7.11 Å². The molecule has 6 heteroatoms. The third-order valence-corrected chi connectivity index (χ3v) is 3.83. The number of hydrazine groups is 1. The molecule has 0 spiro atoms. The lowest BCUT2D eigenvalue weighted by Gasteiger charge is -2.23. The number of hydrogen-bond acceptors (Lipinski definition) is 3. The van der Waals surface area contributed by atoms with Gasteiger partial charge in [-0.1, -0.05) is 27.7 Å². The molecule has 1 fully saturated rings. The number of nitrogens with one attached hydrogen (secondary N) is 2. The molecule has 0 radical (unpaired) electrons. The Morgan fingerprint density at radius 3 is 1.67 bits per heavy atom. The largest absolute Gasteiger partial charge is 0.496 e. The maximum absolute atomic E-state index is 13.3. The van der Waals surface area contributed by atoms with Crippen molar-refractivity contribution in [2.75, 3.05) is 7.11 Å². The van der Waals surface area contributed by atoms with Gasteiger partial charge in [0.25, 0.3) is 0 Å². The van der Waals surface area contributed by atoms with E-state index in [2.05, 4.69) is 10.9 Å². The van der Waals surface area contributed by atoms with Crippen molar-refractivity contribution < 1.29 is 17.9 Å². The summed E-state index contributed by atoms with van der Waals surface area (Å²) in [6, 6.07) is 3.16. The summed E-state index contributed by atoms with van der Waals surface area (Å²) in [6.45, 7) is 7.78. The molecule has 1 aromatic rings. The zero-order valence-corrected chi connectivity index (χ0v) is 12.9. The number of methoxy groups -OCH3 is 1. The summed E-state index contributed by atoms with van der Waals surface area (Å²) in [7, 11) is 1.56. The summed E-state index contributed by atoms with van der Waals surface area (Å²) in [5.41, 5.74) is 4.15. The molecule has 2 N–H and O–H groups in total. The Bertz CT molecular complexity index is 505. The van der Waals surface area contributed by atoms with Crippen LogP contribution in [0, 0.1) is 0 Å². The molecule has 21 heavy (non-hydrogen) atoms. The van der Waals surface area contributed by atoms with Gasteiger partial charge in [-0.25, -0.2) is 10.9 Å². The molecule has 3 nitrogen and oxygen atoms in total. The molecule has 1 heterocycles. The van der Waals surface area contributed by atoms with Crippen LogP contribution in [-0.4, -0.2) is 13.3 Å². The Morgan fingerprint density at radius 1 is 1.00 bits per heavy atom. The Morgan fingerprint density at radius 2 is 1.43 bits per heavy atom. The van der Waals surface area contributed by atoms with Crippen molar-refractivity contribution in [2.24, 2.45) is 0 Å². The number of alkyl halides is 3. The van der Waals surface area contributed by atoms with E-state index in [9.17, 15) is 13.2 Å². The minimum absolute atomic E-state index is 0.0708. The van der Waals surface area contributed by atoms with Crippen LogP contribution in [0.2, 0.25) is 0 Å². The first kappa shape index (κ1) is 16.1. The number of hydrogen-bond donors (Lipinski definition) is 2. The highest BCUT2D eigenvalue weighted by Gasteiger charge is 2.65. The summed E-state index contributed by atoms with van der Waals surface area (Å²) in [5.74, 6) is 0.824. The van der Waals surface area contributed by atoms with Gasteiger partial charge in [0.2, 0.25) is 5.66 Å². The lowest BCUT2D eigenvalue weighted by Crippen LogP contribution is -2.35. The van der Waals surface area contributed by atoms with Crippen molar-refractivity contribution in [3.63, 3.8) is 0 Å². The highest BCUT2D eigenvalue weighted by molar-refractivity contribution is 5.50. The molecule has 1 aromatic carbocycles. The molecule has 0 amide bonds. The van der Waals surface area contributed by atoms with Gasteiger partial charge in [-0.3, -0.25) is 0 Å². The lowest BCUT2D eigenvalue weighted by atomic mass is 9.88. The third kappa shape index (κ3) is 2.62. The van der Waals surface area contributed by atoms with Gasteiger partial charge >= 0.3 is 6.18 Å². The molecule has 1 saturated heterocycles. The molecule has 0 saturated carbocycles. The fraction of sp³-hybridized carbons (Fsp3) is 0.600. The minimum Gasteiger partial charge on any atom is -0.496 e. The van der Waals surface area contributed by atoms with E-state index >= 15 is 0 Å². The van der Waals surface area contributed by atoms with Crippen LogP contribution in [0.15, 0.2) is 12.1 Å². The van der Waals surface area contributed by atoms with Crippen LogP contribution in [0.5, 0.6) is 5.75 Å². The second-order valence-corrected chi connectivity index (χ2v) is 6.00. The van der Waals surface area contributed by atoms with E-state index in [1.807, 2.05) is 27.7 Å². The number of benzene rings is 1. The molecule has 0 aliphatic carbocycles. The molecule has 0 bridgehead atoms. The quantitative estimate of drug-likeness (QED) is 0.833. The zero-order valence-electron chi connectivity index (χ0n) is 12.9. The predicted molar refractivity (Wildman–Crippen MR) is 75.2 cm³/mol. The van der Waals surface area contributed by atoms with Crippen LogP contribution in [0.4, 0.5) is 13.2 Å². The standard InChI is InChI=1S/C15H21F3N2O/c1-8(2)11-6-10(14(19-20-14)15(16,17)18)7-12(9(3)4)13(11)21-5/h6-9,19-20H,1-5H3. The Labute approximate surface area is 122 Å². The van der Waals surface area contributed by atoms with Gasteiger partial charge in [-0.2, -0.15) is 13.2 Å². The van der Waals surface area contributed by atoms with Gasteiger partial charge < -0.3 is 4.74 Å². The summed E-state index contributed by atoms with van der Waals surface area (Å²) in [6.07, 6.45) is -4.40. The first-order valence-electron chi connectivity index (χ1n) is 6.97. The van der Waals surface area contributed by atoms with E-state index in [4.69, 9.17) is 4.74 Å². The molecule has 1 aliphatic heterocycles. The first-order valence-corrected chi connectivity index (χ1v) is 6.97.